The molecule has 2 heterocycles. The summed E-state index contributed by atoms with van der Waals surface area (Å²) in [7, 11) is 1.86. The standard InChI is InChI=1S/C35H45ClN4O.C8H7FO/c1-4-6-11-30(9-5-2)39-21-19-38(20-22-39)26-27-15-16-35(24-27)17-18-40(33-12-8-7-10-28(33)25-35)34(41)31-14-13-29(37-3)23-32(31)36;1-6-2-3-8(9)4-7(6)5-10/h6-14,23-24,37H,4-5,15-22,25-26H2,1-3H3;2-5H,1H3/b11-6-,30-9+;. The van der Waals surface area contributed by atoms with Crippen molar-refractivity contribution in [2.45, 2.75) is 59.3 Å². The third-order valence-corrected chi connectivity index (χ3v) is 10.6. The van der Waals surface area contributed by atoms with E-state index in [4.69, 9.17) is 11.6 Å². The minimum Gasteiger partial charge on any atom is -0.388 e. The van der Waals surface area contributed by atoms with Crippen LogP contribution in [0.2, 0.25) is 5.02 Å². The summed E-state index contributed by atoms with van der Waals surface area (Å²) in [6, 6.07) is 18.2. The van der Waals surface area contributed by atoms with Gasteiger partial charge in [-0.2, -0.15) is 0 Å². The van der Waals surface area contributed by atoms with Gasteiger partial charge >= 0.3 is 0 Å². The number of rotatable bonds is 9. The van der Waals surface area contributed by atoms with E-state index in [2.05, 4.69) is 71.5 Å². The summed E-state index contributed by atoms with van der Waals surface area (Å²) in [4.78, 5) is 31.2. The number of hydrogen-bond donors (Lipinski definition) is 1. The Labute approximate surface area is 308 Å². The molecule has 1 N–H and O–H groups in total. The Morgan fingerprint density at radius 1 is 0.980 bits per heavy atom. The van der Waals surface area contributed by atoms with Crippen LogP contribution in [0.5, 0.6) is 0 Å². The minimum atomic E-state index is -0.368. The number of aryl methyl sites for hydroxylation is 1. The molecule has 0 saturated carbocycles. The topological polar surface area (TPSA) is 55.9 Å². The maximum atomic E-state index is 13.8. The number of carbonyl (C=O) groups excluding carboxylic acids is 2. The molecule has 0 aromatic heterocycles. The summed E-state index contributed by atoms with van der Waals surface area (Å²) >= 11 is 6.58. The average Bonchev–Trinajstić information content (AvgIpc) is 3.45. The van der Waals surface area contributed by atoms with Crippen LogP contribution in [0.15, 0.2) is 96.2 Å². The van der Waals surface area contributed by atoms with Crippen LogP contribution >= 0.6 is 11.6 Å². The van der Waals surface area contributed by atoms with E-state index in [1.54, 1.807) is 18.6 Å². The van der Waals surface area contributed by atoms with Crippen LogP contribution in [0.25, 0.3) is 0 Å². The van der Waals surface area contributed by atoms with E-state index in [0.29, 0.717) is 29.0 Å². The molecule has 3 aliphatic rings. The van der Waals surface area contributed by atoms with Gasteiger partial charge in [-0.05, 0) is 104 Å². The quantitative estimate of drug-likeness (QED) is 0.136. The monoisotopic (exact) mass is 710 g/mol. The van der Waals surface area contributed by atoms with Gasteiger partial charge in [0, 0.05) is 69.0 Å². The highest BCUT2D eigenvalue weighted by Gasteiger charge is 2.38. The predicted octanol–water partition coefficient (Wildman–Crippen LogP) is 9.51. The Kier molecular flexibility index (Phi) is 13.3. The van der Waals surface area contributed by atoms with Crippen LogP contribution in [0.1, 0.15) is 77.8 Å². The molecule has 3 aromatic carbocycles. The Balaban J connectivity index is 0.000000435. The van der Waals surface area contributed by atoms with E-state index >= 15 is 0 Å². The molecule has 51 heavy (non-hydrogen) atoms. The summed E-state index contributed by atoms with van der Waals surface area (Å²) in [6.07, 6.45) is 16.5. The van der Waals surface area contributed by atoms with E-state index < -0.39 is 0 Å². The van der Waals surface area contributed by atoms with Gasteiger partial charge in [0.25, 0.3) is 5.91 Å². The molecule has 6 rings (SSSR count). The summed E-state index contributed by atoms with van der Waals surface area (Å²) in [5, 5.41) is 3.58. The van der Waals surface area contributed by atoms with Gasteiger partial charge in [0.1, 0.15) is 12.1 Å². The summed E-state index contributed by atoms with van der Waals surface area (Å²) in [5.74, 6) is -0.389. The fourth-order valence-corrected chi connectivity index (χ4v) is 7.70. The number of piperazine rings is 1. The van der Waals surface area contributed by atoms with Crippen molar-refractivity contribution in [3.63, 3.8) is 0 Å². The number of fused-ring (bicyclic) bond motifs is 1. The highest BCUT2D eigenvalue weighted by Crippen LogP contribution is 2.46. The number of carbonyl (C=O) groups is 2. The first kappa shape index (κ1) is 38.0. The van der Waals surface area contributed by atoms with Gasteiger partial charge in [0.15, 0.2) is 0 Å². The number of nitrogens with one attached hydrogen (secondary N) is 1. The van der Waals surface area contributed by atoms with Crippen molar-refractivity contribution >= 4 is 35.2 Å². The van der Waals surface area contributed by atoms with Crippen molar-refractivity contribution in [1.82, 2.24) is 9.80 Å². The Bertz CT molecular complexity index is 1780. The number of nitrogens with zero attached hydrogens (tertiary/aromatic N) is 3. The highest BCUT2D eigenvalue weighted by atomic mass is 35.5. The van der Waals surface area contributed by atoms with Crippen LogP contribution in [0, 0.1) is 18.2 Å². The number of benzene rings is 3. The van der Waals surface area contributed by atoms with Crippen molar-refractivity contribution in [2.24, 2.45) is 5.41 Å². The van der Waals surface area contributed by atoms with Crippen LogP contribution in [-0.4, -0.2) is 68.3 Å². The number of hydrogen-bond acceptors (Lipinski definition) is 5. The fraction of sp³-hybridized carbons (Fsp3) is 0.395. The van der Waals surface area contributed by atoms with Crippen molar-refractivity contribution in [3.05, 3.63) is 129 Å². The second-order valence-corrected chi connectivity index (χ2v) is 14.3. The largest absolute Gasteiger partial charge is 0.388 e. The van der Waals surface area contributed by atoms with Crippen molar-refractivity contribution in [2.75, 3.05) is 56.5 Å². The maximum Gasteiger partial charge on any atom is 0.259 e. The molecule has 1 amide bonds. The van der Waals surface area contributed by atoms with Crippen LogP contribution in [0.3, 0.4) is 0 Å². The molecule has 1 fully saturated rings. The molecule has 1 aliphatic carbocycles. The first-order valence-electron chi connectivity index (χ1n) is 18.3. The molecule has 1 saturated heterocycles. The molecule has 6 nitrogen and oxygen atoms in total. The summed E-state index contributed by atoms with van der Waals surface area (Å²) in [6.45, 7) is 12.3. The summed E-state index contributed by atoms with van der Waals surface area (Å²) in [5.41, 5.74) is 8.00. The van der Waals surface area contributed by atoms with Crippen LogP contribution in [0.4, 0.5) is 15.8 Å². The smallest absolute Gasteiger partial charge is 0.259 e. The van der Waals surface area contributed by atoms with Gasteiger partial charge in [-0.3, -0.25) is 14.5 Å². The Hall–Kier alpha value is -4.20. The zero-order chi connectivity index (χ0) is 36.4. The van der Waals surface area contributed by atoms with Gasteiger partial charge in [-0.15, -0.1) is 0 Å². The van der Waals surface area contributed by atoms with Crippen LogP contribution < -0.4 is 10.2 Å². The Morgan fingerprint density at radius 2 is 1.76 bits per heavy atom. The van der Waals surface area contributed by atoms with E-state index in [1.807, 2.05) is 36.2 Å². The highest BCUT2D eigenvalue weighted by molar-refractivity contribution is 6.34. The SMILES string of the molecule is CC/C=C\C(=C/CC)N1CCN(CC2=CC3(CC2)CCN(C(=O)c2ccc(NC)cc2Cl)c2ccccc2C3)CC1.Cc1ccc(F)cc1C=O. The normalized spacial score (nSPS) is 19.3. The predicted molar refractivity (Wildman–Crippen MR) is 210 cm³/mol. The molecule has 0 bridgehead atoms. The second-order valence-electron chi connectivity index (χ2n) is 13.9. The zero-order valence-electron chi connectivity index (χ0n) is 30.6. The lowest BCUT2D eigenvalue weighted by atomic mass is 9.79. The fourth-order valence-electron chi connectivity index (χ4n) is 7.43. The first-order valence-corrected chi connectivity index (χ1v) is 18.7. The number of anilines is 2. The molecule has 1 spiro atoms. The van der Waals surface area contributed by atoms with Crippen LogP contribution in [-0.2, 0) is 6.42 Å². The van der Waals surface area contributed by atoms with E-state index in [1.165, 1.54) is 23.4 Å². The third-order valence-electron chi connectivity index (χ3n) is 10.3. The number of allylic oxidation sites excluding steroid dienone is 4. The third kappa shape index (κ3) is 9.57. The lowest BCUT2D eigenvalue weighted by Gasteiger charge is -2.37. The molecule has 3 aromatic rings. The van der Waals surface area contributed by atoms with Gasteiger partial charge in [-0.25, -0.2) is 4.39 Å². The molecular formula is C43H52ClFN4O2. The first-order chi connectivity index (χ1) is 24.7. The number of halogens is 2. The van der Waals surface area contributed by atoms with Crippen molar-refractivity contribution in [1.29, 1.82) is 0 Å². The van der Waals surface area contributed by atoms with E-state index in [9.17, 15) is 14.0 Å². The molecule has 270 valence electrons. The summed E-state index contributed by atoms with van der Waals surface area (Å²) < 4.78 is 12.4. The average molecular weight is 711 g/mol. The van der Waals surface area contributed by atoms with Gasteiger partial charge < -0.3 is 15.1 Å². The van der Waals surface area contributed by atoms with E-state index in [-0.39, 0.29) is 17.1 Å². The molecule has 2 aliphatic heterocycles. The number of aldehydes is 1. The van der Waals surface area contributed by atoms with Crippen molar-refractivity contribution < 1.29 is 14.0 Å². The number of amides is 1. The molecule has 1 atom stereocenters. The molecular weight excluding hydrogens is 659 g/mol. The van der Waals surface area contributed by atoms with Gasteiger partial charge in [0.05, 0.1) is 10.6 Å². The van der Waals surface area contributed by atoms with Gasteiger partial charge in [-0.1, -0.05) is 73.5 Å². The molecule has 0 radical (unpaired) electrons. The maximum absolute atomic E-state index is 13.8. The van der Waals surface area contributed by atoms with Gasteiger partial charge in [0.2, 0.25) is 0 Å². The Morgan fingerprint density at radius 3 is 2.45 bits per heavy atom. The minimum absolute atomic E-state index is 0.0208. The lowest BCUT2D eigenvalue weighted by Crippen LogP contribution is -2.46. The second kappa shape index (κ2) is 17.8. The lowest BCUT2D eigenvalue weighted by molar-refractivity contribution is 0.0985. The number of para-hydroxylation sites is 1. The molecule has 1 unspecified atom stereocenters. The zero-order valence-corrected chi connectivity index (χ0v) is 31.3. The van der Waals surface area contributed by atoms with Crippen molar-refractivity contribution in [3.8, 4) is 0 Å². The van der Waals surface area contributed by atoms with E-state index in [0.717, 1.165) is 88.2 Å². The molecule has 8 heteroatoms.